The zero-order valence-electron chi connectivity index (χ0n) is 23.7. The highest BCUT2D eigenvalue weighted by Crippen LogP contribution is 2.35. The Hall–Kier alpha value is -4.66. The minimum atomic E-state index is -0.831. The summed E-state index contributed by atoms with van der Waals surface area (Å²) in [5.41, 5.74) is 3.05. The molecule has 2 saturated heterocycles. The van der Waals surface area contributed by atoms with E-state index >= 15 is 0 Å². The number of carbonyl (C=O) groups excluding carboxylic acids is 1. The van der Waals surface area contributed by atoms with E-state index in [-0.39, 0.29) is 6.10 Å². The number of benzene rings is 3. The Morgan fingerprint density at radius 2 is 1.77 bits per heavy atom. The molecule has 44 heavy (non-hydrogen) atoms. The van der Waals surface area contributed by atoms with Crippen LogP contribution >= 0.6 is 11.6 Å². The van der Waals surface area contributed by atoms with E-state index in [1.807, 2.05) is 24.3 Å². The van der Waals surface area contributed by atoms with Gasteiger partial charge in [-0.25, -0.2) is 13.6 Å². The highest BCUT2D eigenvalue weighted by Gasteiger charge is 2.26. The Balaban J connectivity index is 1.12. The van der Waals surface area contributed by atoms with Gasteiger partial charge in [-0.2, -0.15) is 5.26 Å². The number of fused-ring (bicyclic) bond motifs is 1. The lowest BCUT2D eigenvalue weighted by molar-refractivity contribution is 0.115. The van der Waals surface area contributed by atoms with E-state index in [1.165, 1.54) is 11.0 Å². The average Bonchev–Trinajstić information content (AvgIpc) is 3.05. The Morgan fingerprint density at radius 3 is 2.48 bits per heavy atom. The van der Waals surface area contributed by atoms with Crippen molar-refractivity contribution in [1.82, 2.24) is 9.88 Å². The fraction of sp³-hybridized carbons (Fsp3) is 0.281. The molecule has 12 heteroatoms. The van der Waals surface area contributed by atoms with Crippen molar-refractivity contribution in [3.63, 3.8) is 0 Å². The van der Waals surface area contributed by atoms with Crippen LogP contribution in [0.4, 0.5) is 36.3 Å². The molecular formula is C32H29ClF2N6O3. The molecule has 0 radical (unpaired) electrons. The first-order valence-electron chi connectivity index (χ1n) is 14.3. The monoisotopic (exact) mass is 618 g/mol. The van der Waals surface area contributed by atoms with Crippen LogP contribution in [-0.2, 0) is 4.74 Å². The van der Waals surface area contributed by atoms with E-state index in [0.717, 1.165) is 41.8 Å². The SMILES string of the molecule is N#Cc1cnc2ccc(N3CCOCC3)cc2c1Nc1ccc(OC2CCN(C(=O)Nc3c(F)cccc3F)CC2)c(Cl)c1. The number of aromatic nitrogens is 1. The molecule has 4 aromatic rings. The van der Waals surface area contributed by atoms with Gasteiger partial charge >= 0.3 is 6.03 Å². The van der Waals surface area contributed by atoms with Gasteiger partial charge in [0.15, 0.2) is 0 Å². The van der Waals surface area contributed by atoms with E-state index in [1.54, 1.807) is 18.3 Å². The van der Waals surface area contributed by atoms with Gasteiger partial charge in [0.2, 0.25) is 0 Å². The number of ether oxygens (including phenoxy) is 2. The van der Waals surface area contributed by atoms with Crippen LogP contribution in [0, 0.1) is 23.0 Å². The Labute approximate surface area is 257 Å². The molecule has 2 amide bonds. The highest BCUT2D eigenvalue weighted by molar-refractivity contribution is 6.32. The number of hydrogen-bond donors (Lipinski definition) is 2. The summed E-state index contributed by atoms with van der Waals surface area (Å²) >= 11 is 6.63. The van der Waals surface area contributed by atoms with E-state index in [2.05, 4.69) is 26.6 Å². The number of piperidine rings is 1. The van der Waals surface area contributed by atoms with Crippen molar-refractivity contribution in [2.45, 2.75) is 18.9 Å². The average molecular weight is 619 g/mol. The summed E-state index contributed by atoms with van der Waals surface area (Å²) < 4.78 is 39.5. The van der Waals surface area contributed by atoms with Crippen molar-refractivity contribution in [1.29, 1.82) is 5.26 Å². The minimum Gasteiger partial charge on any atom is -0.489 e. The number of pyridine rings is 1. The number of hydrogen-bond acceptors (Lipinski definition) is 7. The van der Waals surface area contributed by atoms with Crippen molar-refractivity contribution < 1.29 is 23.0 Å². The third kappa shape index (κ3) is 6.32. The second kappa shape index (κ2) is 12.9. The van der Waals surface area contributed by atoms with Crippen LogP contribution < -0.4 is 20.3 Å². The number of nitrogens with zero attached hydrogens (tertiary/aromatic N) is 4. The second-order valence-corrected chi connectivity index (χ2v) is 11.0. The summed E-state index contributed by atoms with van der Waals surface area (Å²) in [6, 6.07) is 16.4. The summed E-state index contributed by atoms with van der Waals surface area (Å²) in [6.45, 7) is 3.60. The number of carbonyl (C=O) groups is 1. The number of morpholine rings is 1. The lowest BCUT2D eigenvalue weighted by atomic mass is 10.1. The molecule has 3 aromatic carbocycles. The first-order chi connectivity index (χ1) is 21.4. The first-order valence-corrected chi connectivity index (χ1v) is 14.7. The molecule has 1 aromatic heterocycles. The number of nitrogens with one attached hydrogen (secondary N) is 2. The molecular weight excluding hydrogens is 590 g/mol. The van der Waals surface area contributed by atoms with Gasteiger partial charge in [-0.1, -0.05) is 17.7 Å². The minimum absolute atomic E-state index is 0.200. The quantitative estimate of drug-likeness (QED) is 0.248. The van der Waals surface area contributed by atoms with Crippen LogP contribution in [0.3, 0.4) is 0 Å². The van der Waals surface area contributed by atoms with Gasteiger partial charge < -0.3 is 29.9 Å². The number of urea groups is 1. The number of likely N-dealkylation sites (tertiary alicyclic amines) is 1. The van der Waals surface area contributed by atoms with Crippen molar-refractivity contribution in [2.24, 2.45) is 0 Å². The number of amides is 2. The third-order valence-electron chi connectivity index (χ3n) is 7.77. The Morgan fingerprint density at radius 1 is 1.02 bits per heavy atom. The maximum atomic E-state index is 13.9. The Kier molecular flexibility index (Phi) is 8.63. The van der Waals surface area contributed by atoms with Gasteiger partial charge in [0.05, 0.1) is 35.0 Å². The van der Waals surface area contributed by atoms with Crippen LogP contribution in [0.15, 0.2) is 60.8 Å². The van der Waals surface area contributed by atoms with Crippen molar-refractivity contribution in [3.05, 3.63) is 83.0 Å². The van der Waals surface area contributed by atoms with Gasteiger partial charge in [-0.15, -0.1) is 0 Å². The molecule has 0 unspecified atom stereocenters. The molecule has 0 atom stereocenters. The molecule has 3 heterocycles. The van der Waals surface area contributed by atoms with Gasteiger partial charge in [-0.3, -0.25) is 4.98 Å². The highest BCUT2D eigenvalue weighted by atomic mass is 35.5. The molecule has 226 valence electrons. The van der Waals surface area contributed by atoms with Crippen molar-refractivity contribution >= 4 is 51.3 Å². The number of rotatable bonds is 6. The summed E-state index contributed by atoms with van der Waals surface area (Å²) in [6.07, 6.45) is 2.39. The number of nitriles is 1. The molecule has 9 nitrogen and oxygen atoms in total. The molecule has 2 fully saturated rings. The van der Waals surface area contributed by atoms with Crippen LogP contribution in [0.1, 0.15) is 18.4 Å². The summed E-state index contributed by atoms with van der Waals surface area (Å²) in [5.74, 6) is -1.17. The van der Waals surface area contributed by atoms with Crippen LogP contribution in [0.2, 0.25) is 5.02 Å². The molecule has 0 bridgehead atoms. The molecule has 2 aliphatic rings. The van der Waals surface area contributed by atoms with E-state index < -0.39 is 23.4 Å². The molecule has 6 rings (SSSR count). The van der Waals surface area contributed by atoms with Gasteiger partial charge in [0, 0.05) is 62.0 Å². The molecule has 0 aliphatic carbocycles. The molecule has 0 spiro atoms. The molecule has 2 N–H and O–H groups in total. The topological polar surface area (TPSA) is 103 Å². The number of halogens is 3. The summed E-state index contributed by atoms with van der Waals surface area (Å²) in [4.78, 5) is 20.8. The van der Waals surface area contributed by atoms with Crippen molar-refractivity contribution in [2.75, 3.05) is 54.9 Å². The number of para-hydroxylation sites is 1. The maximum Gasteiger partial charge on any atom is 0.322 e. The molecule has 2 aliphatic heterocycles. The zero-order chi connectivity index (χ0) is 30.6. The fourth-order valence-corrected chi connectivity index (χ4v) is 5.62. The van der Waals surface area contributed by atoms with Crippen LogP contribution in [-0.4, -0.2) is 61.4 Å². The van der Waals surface area contributed by atoms with Gasteiger partial charge in [0.25, 0.3) is 0 Å². The predicted octanol–water partition coefficient (Wildman–Crippen LogP) is 6.69. The van der Waals surface area contributed by atoms with Gasteiger partial charge in [0.1, 0.15) is 35.2 Å². The predicted molar refractivity (Wildman–Crippen MR) is 165 cm³/mol. The van der Waals surface area contributed by atoms with Crippen LogP contribution in [0.5, 0.6) is 5.75 Å². The third-order valence-corrected chi connectivity index (χ3v) is 8.06. The van der Waals surface area contributed by atoms with Gasteiger partial charge in [-0.05, 0) is 48.5 Å². The van der Waals surface area contributed by atoms with Crippen LogP contribution in [0.25, 0.3) is 10.9 Å². The first kappa shape index (κ1) is 29.4. The zero-order valence-corrected chi connectivity index (χ0v) is 24.4. The van der Waals surface area contributed by atoms with E-state index in [4.69, 9.17) is 21.1 Å². The molecule has 0 saturated carbocycles. The standard InChI is InChI=1S/C32H29ClF2N6O3/c33-25-16-21(38-30-20(18-36)19-37-28-6-5-22(17-24(28)30)40-12-14-43-15-13-40)4-7-29(25)44-23-8-10-41(11-9-23)32(42)39-31-26(34)2-1-3-27(31)35/h1-7,16-17,19,23H,8-15H2,(H,37,38)(H,39,42). The summed E-state index contributed by atoms with van der Waals surface area (Å²) in [5, 5.41) is 16.7. The van der Waals surface area contributed by atoms with E-state index in [0.29, 0.717) is 66.9 Å². The Bertz CT molecular complexity index is 1720. The lowest BCUT2D eigenvalue weighted by Crippen LogP contribution is -2.44. The smallest absolute Gasteiger partial charge is 0.322 e. The number of anilines is 4. The fourth-order valence-electron chi connectivity index (χ4n) is 5.40. The lowest BCUT2D eigenvalue weighted by Gasteiger charge is -2.32. The normalized spacial score (nSPS) is 15.6. The summed E-state index contributed by atoms with van der Waals surface area (Å²) in [7, 11) is 0. The second-order valence-electron chi connectivity index (χ2n) is 10.6. The van der Waals surface area contributed by atoms with Crippen molar-refractivity contribution in [3.8, 4) is 11.8 Å². The maximum absolute atomic E-state index is 13.9. The largest absolute Gasteiger partial charge is 0.489 e. The van der Waals surface area contributed by atoms with E-state index in [9.17, 15) is 18.8 Å².